The molecule has 3 aromatic carbocycles. The summed E-state index contributed by atoms with van der Waals surface area (Å²) in [6.07, 6.45) is 3.07. The number of rotatable bonds is 7. The first-order valence-electron chi connectivity index (χ1n) is 12.8. The number of nitrogens with one attached hydrogen (secondary N) is 1. The summed E-state index contributed by atoms with van der Waals surface area (Å²) in [5.74, 6) is -0.902. The molecule has 7 nitrogen and oxygen atoms in total. The number of phenols is 1. The van der Waals surface area contributed by atoms with E-state index in [1.54, 1.807) is 24.3 Å². The summed E-state index contributed by atoms with van der Waals surface area (Å²) in [4.78, 5) is 27.7. The van der Waals surface area contributed by atoms with Crippen molar-refractivity contribution in [3.8, 4) is 5.75 Å². The summed E-state index contributed by atoms with van der Waals surface area (Å²) in [7, 11) is 0. The molecule has 0 atom stereocenters. The van der Waals surface area contributed by atoms with Gasteiger partial charge >= 0.3 is 5.97 Å². The molecule has 194 valence electrons. The Morgan fingerprint density at radius 1 is 0.921 bits per heavy atom. The predicted octanol–water partition coefficient (Wildman–Crippen LogP) is 4.79. The molecular weight excluding hydrogens is 478 g/mol. The van der Waals surface area contributed by atoms with E-state index in [-0.39, 0.29) is 11.7 Å². The number of phenolic OH excluding ortho intramolecular Hbond substituents is 1. The van der Waals surface area contributed by atoms with Gasteiger partial charge in [-0.2, -0.15) is 0 Å². The van der Waals surface area contributed by atoms with Crippen LogP contribution in [0.2, 0.25) is 0 Å². The fourth-order valence-electron chi connectivity index (χ4n) is 5.31. The Labute approximate surface area is 222 Å². The molecule has 2 aliphatic rings. The van der Waals surface area contributed by atoms with Crippen LogP contribution in [0.4, 0.5) is 11.4 Å². The topological polar surface area (TPSA) is 93.1 Å². The highest BCUT2D eigenvalue weighted by molar-refractivity contribution is 5.99. The van der Waals surface area contributed by atoms with Gasteiger partial charge in [0.2, 0.25) is 5.91 Å². The first-order chi connectivity index (χ1) is 18.4. The molecule has 5 rings (SSSR count). The average Bonchev–Trinajstić information content (AvgIpc) is 2.94. The van der Waals surface area contributed by atoms with Crippen molar-refractivity contribution in [1.29, 1.82) is 0 Å². The quantitative estimate of drug-likeness (QED) is 0.397. The van der Waals surface area contributed by atoms with E-state index in [1.807, 2.05) is 36.4 Å². The van der Waals surface area contributed by atoms with Gasteiger partial charge in [0.1, 0.15) is 5.75 Å². The molecule has 0 spiro atoms. The molecule has 0 saturated carbocycles. The van der Waals surface area contributed by atoms with Crippen molar-refractivity contribution < 1.29 is 19.8 Å². The summed E-state index contributed by atoms with van der Waals surface area (Å²) >= 11 is 0. The van der Waals surface area contributed by atoms with Crippen molar-refractivity contribution in [2.24, 2.45) is 0 Å². The van der Waals surface area contributed by atoms with E-state index in [1.165, 1.54) is 22.8 Å². The zero-order valence-electron chi connectivity index (χ0n) is 21.2. The molecule has 0 aromatic heterocycles. The highest BCUT2D eigenvalue weighted by atomic mass is 16.4. The number of aryl methyl sites for hydroxylation is 1. The molecule has 1 fully saturated rings. The van der Waals surface area contributed by atoms with E-state index in [9.17, 15) is 14.7 Å². The van der Waals surface area contributed by atoms with Crippen LogP contribution in [-0.2, 0) is 11.2 Å². The predicted molar refractivity (Wildman–Crippen MR) is 150 cm³/mol. The molecule has 0 bridgehead atoms. The maximum atomic E-state index is 11.8. The van der Waals surface area contributed by atoms with E-state index in [0.717, 1.165) is 68.1 Å². The number of amides is 1. The molecule has 3 N–H and O–H groups in total. The van der Waals surface area contributed by atoms with E-state index in [2.05, 4.69) is 27.8 Å². The van der Waals surface area contributed by atoms with Gasteiger partial charge in [0.05, 0.1) is 5.56 Å². The number of carbonyl (C=O) groups is 2. The second-order valence-corrected chi connectivity index (χ2v) is 9.71. The number of aromatic hydroxyl groups is 1. The highest BCUT2D eigenvalue weighted by Crippen LogP contribution is 2.38. The van der Waals surface area contributed by atoms with Crippen molar-refractivity contribution in [2.45, 2.75) is 12.8 Å². The van der Waals surface area contributed by atoms with Gasteiger partial charge in [-0.3, -0.25) is 9.69 Å². The molecule has 7 heteroatoms. The van der Waals surface area contributed by atoms with E-state index < -0.39 is 5.97 Å². The molecule has 1 amide bonds. The number of benzene rings is 3. The van der Waals surface area contributed by atoms with Crippen LogP contribution in [-0.4, -0.2) is 59.7 Å². The monoisotopic (exact) mass is 509 g/mol. The smallest absolute Gasteiger partial charge is 0.335 e. The van der Waals surface area contributed by atoms with Crippen LogP contribution in [0.5, 0.6) is 5.75 Å². The van der Waals surface area contributed by atoms with Crippen LogP contribution in [0.1, 0.15) is 33.5 Å². The fraction of sp³-hybridized carbons (Fsp3) is 0.226. The number of hydrogen-bond donors (Lipinski definition) is 3. The van der Waals surface area contributed by atoms with Crippen molar-refractivity contribution in [2.75, 3.05) is 42.9 Å². The normalized spacial score (nSPS) is 15.6. The maximum Gasteiger partial charge on any atom is 0.335 e. The summed E-state index contributed by atoms with van der Waals surface area (Å²) in [6.45, 7) is 7.95. The van der Waals surface area contributed by atoms with Gasteiger partial charge < -0.3 is 20.4 Å². The minimum Gasteiger partial charge on any atom is -0.508 e. The minimum atomic E-state index is -0.911. The zero-order valence-corrected chi connectivity index (χ0v) is 21.2. The summed E-state index contributed by atoms with van der Waals surface area (Å²) in [5.41, 5.74) is 8.08. The first kappa shape index (κ1) is 25.3. The fourth-order valence-corrected chi connectivity index (χ4v) is 5.31. The van der Waals surface area contributed by atoms with Gasteiger partial charge in [-0.1, -0.05) is 24.8 Å². The molecule has 0 unspecified atom stereocenters. The Balaban J connectivity index is 1.37. The number of carbonyl (C=O) groups excluding carboxylic acids is 1. The lowest BCUT2D eigenvalue weighted by atomic mass is 9.81. The second kappa shape index (κ2) is 10.9. The van der Waals surface area contributed by atoms with Crippen molar-refractivity contribution >= 4 is 28.8 Å². The number of aromatic carboxylic acids is 1. The number of anilines is 2. The molecule has 1 heterocycles. The lowest BCUT2D eigenvalue weighted by molar-refractivity contribution is -0.111. The third-order valence-corrected chi connectivity index (χ3v) is 7.30. The van der Waals surface area contributed by atoms with Crippen molar-refractivity contribution in [3.63, 3.8) is 0 Å². The molecule has 1 aliphatic carbocycles. The van der Waals surface area contributed by atoms with Crippen molar-refractivity contribution in [1.82, 2.24) is 4.90 Å². The molecule has 0 radical (unpaired) electrons. The number of hydrogen-bond acceptors (Lipinski definition) is 5. The molecular formula is C31H31N3O4. The molecule has 1 aliphatic heterocycles. The van der Waals surface area contributed by atoms with Crippen molar-refractivity contribution in [3.05, 3.63) is 107 Å². The van der Waals surface area contributed by atoms with Gasteiger partial charge in [0.15, 0.2) is 0 Å². The summed E-state index contributed by atoms with van der Waals surface area (Å²) in [6, 6.07) is 20.5. The third-order valence-electron chi connectivity index (χ3n) is 7.30. The number of carboxylic acids is 1. The standard InChI is InChI=1S/C31H31N3O4/c1-2-29(36)32-25-9-14-28-23(19-25)3-4-24(30(28)21-7-12-27(35)13-8-21)20-33-15-17-34(18-16-33)26-10-5-22(6-11-26)31(37)38/h2,5-14,19,35H,1,3-4,15-18,20H2,(H,32,36)(H,37,38). The summed E-state index contributed by atoms with van der Waals surface area (Å²) in [5, 5.41) is 21.9. The first-order valence-corrected chi connectivity index (χ1v) is 12.8. The Hall–Kier alpha value is -4.36. The Bertz CT molecular complexity index is 1390. The highest BCUT2D eigenvalue weighted by Gasteiger charge is 2.24. The second-order valence-electron chi connectivity index (χ2n) is 9.71. The Kier molecular flexibility index (Phi) is 7.29. The van der Waals surface area contributed by atoms with Gasteiger partial charge in [-0.05, 0) is 95.3 Å². The average molecular weight is 510 g/mol. The zero-order chi connectivity index (χ0) is 26.6. The van der Waals surface area contributed by atoms with Crippen LogP contribution in [0.15, 0.2) is 85.0 Å². The lowest BCUT2D eigenvalue weighted by Crippen LogP contribution is -2.47. The SMILES string of the molecule is C=CC(=O)Nc1ccc2c(c1)CCC(CN1CCN(c3ccc(C(=O)O)cc3)CC1)=C2c1ccc(O)cc1. The molecule has 38 heavy (non-hydrogen) atoms. The lowest BCUT2D eigenvalue weighted by Gasteiger charge is -2.37. The van der Waals surface area contributed by atoms with Crippen LogP contribution < -0.4 is 10.2 Å². The number of carboxylic acid groups (broad SMARTS) is 1. The van der Waals surface area contributed by atoms with Gasteiger partial charge in [-0.15, -0.1) is 0 Å². The molecule has 3 aromatic rings. The number of fused-ring (bicyclic) bond motifs is 1. The molecule has 1 saturated heterocycles. The number of nitrogens with zero attached hydrogens (tertiary/aromatic N) is 2. The van der Waals surface area contributed by atoms with Crippen LogP contribution >= 0.6 is 0 Å². The van der Waals surface area contributed by atoms with E-state index >= 15 is 0 Å². The van der Waals surface area contributed by atoms with Crippen LogP contribution in [0, 0.1) is 0 Å². The summed E-state index contributed by atoms with van der Waals surface area (Å²) < 4.78 is 0. The largest absolute Gasteiger partial charge is 0.508 e. The van der Waals surface area contributed by atoms with Crippen LogP contribution in [0.25, 0.3) is 5.57 Å². The van der Waals surface area contributed by atoms with Gasteiger partial charge in [-0.25, -0.2) is 4.79 Å². The van der Waals surface area contributed by atoms with Gasteiger partial charge in [0.25, 0.3) is 0 Å². The Morgan fingerprint density at radius 3 is 2.29 bits per heavy atom. The van der Waals surface area contributed by atoms with Gasteiger partial charge in [0, 0.05) is 44.1 Å². The number of piperazine rings is 1. The van der Waals surface area contributed by atoms with E-state index in [4.69, 9.17) is 5.11 Å². The third kappa shape index (κ3) is 5.48. The van der Waals surface area contributed by atoms with E-state index in [0.29, 0.717) is 5.56 Å². The minimum absolute atomic E-state index is 0.229. The van der Waals surface area contributed by atoms with Crippen LogP contribution in [0.3, 0.4) is 0 Å². The Morgan fingerprint density at radius 2 is 1.63 bits per heavy atom. The maximum absolute atomic E-state index is 11.8.